The molecule has 0 atom stereocenters. The Hall–Kier alpha value is -1.62. The largest absolute Gasteiger partial charge is 0.364 e. The summed E-state index contributed by atoms with van der Waals surface area (Å²) in [5.74, 6) is -0.246. The van der Waals surface area contributed by atoms with Gasteiger partial charge in [0.05, 0.1) is 0 Å². The van der Waals surface area contributed by atoms with Crippen LogP contribution in [0.25, 0.3) is 0 Å². The predicted octanol–water partition coefficient (Wildman–Crippen LogP) is 2.37. The normalized spacial score (nSPS) is 10.1. The molecule has 2 rings (SSSR count). The number of benzene rings is 1. The number of hydrogen-bond acceptors (Lipinski definition) is 3. The topological polar surface area (TPSA) is 55.1 Å². The Balaban J connectivity index is 1.98. The summed E-state index contributed by atoms with van der Waals surface area (Å²) in [4.78, 5) is 11.5. The number of rotatable bonds is 3. The van der Waals surface area contributed by atoms with E-state index in [1.165, 1.54) is 12.3 Å². The van der Waals surface area contributed by atoms with E-state index in [-0.39, 0.29) is 11.6 Å². The van der Waals surface area contributed by atoms with Crippen LogP contribution in [0.3, 0.4) is 0 Å². The maximum atomic E-state index is 11.5. The van der Waals surface area contributed by atoms with Gasteiger partial charge in [-0.25, -0.2) is 0 Å². The Kier molecular flexibility index (Phi) is 3.36. The Bertz CT molecular complexity index is 482. The molecule has 82 valence electrons. The second-order valence-corrected chi connectivity index (χ2v) is 4.01. The Morgan fingerprint density at radius 3 is 2.88 bits per heavy atom. The zero-order valence-electron chi connectivity index (χ0n) is 8.31. The Labute approximate surface area is 101 Å². The summed E-state index contributed by atoms with van der Waals surface area (Å²) in [6.45, 7) is 0.452. The molecule has 1 aromatic heterocycles. The minimum atomic E-state index is -0.246. The van der Waals surface area contributed by atoms with Crippen LogP contribution in [0, 0.1) is 0 Å². The van der Waals surface area contributed by atoms with Crippen molar-refractivity contribution in [2.24, 2.45) is 0 Å². The molecule has 0 aliphatic rings. The SMILES string of the molecule is O=C(NCc1ccccc1Br)c1ccon1. The lowest BCUT2D eigenvalue weighted by Gasteiger charge is -2.04. The number of carbonyl (C=O) groups excluding carboxylic acids is 1. The molecule has 0 bridgehead atoms. The molecule has 0 unspecified atom stereocenters. The molecule has 0 spiro atoms. The first-order valence-corrected chi connectivity index (χ1v) is 5.48. The molecule has 1 N–H and O–H groups in total. The van der Waals surface area contributed by atoms with Crippen LogP contribution >= 0.6 is 15.9 Å². The first kappa shape index (κ1) is 10.9. The molecule has 1 amide bonds. The van der Waals surface area contributed by atoms with Crippen LogP contribution < -0.4 is 5.32 Å². The van der Waals surface area contributed by atoms with Crippen molar-refractivity contribution in [3.05, 3.63) is 52.3 Å². The Morgan fingerprint density at radius 1 is 1.38 bits per heavy atom. The maximum Gasteiger partial charge on any atom is 0.273 e. The highest BCUT2D eigenvalue weighted by molar-refractivity contribution is 9.10. The molecular formula is C11H9BrN2O2. The summed E-state index contributed by atoms with van der Waals surface area (Å²) in [5.41, 5.74) is 1.30. The van der Waals surface area contributed by atoms with E-state index in [0.717, 1.165) is 10.0 Å². The monoisotopic (exact) mass is 280 g/mol. The van der Waals surface area contributed by atoms with Crippen LogP contribution in [-0.2, 0) is 6.54 Å². The molecule has 1 aromatic carbocycles. The molecule has 0 radical (unpaired) electrons. The molecule has 0 saturated heterocycles. The summed E-state index contributed by atoms with van der Waals surface area (Å²) in [6, 6.07) is 9.23. The fourth-order valence-electron chi connectivity index (χ4n) is 1.24. The third kappa shape index (κ3) is 2.49. The van der Waals surface area contributed by atoms with Gasteiger partial charge in [-0.3, -0.25) is 4.79 Å². The maximum absolute atomic E-state index is 11.5. The van der Waals surface area contributed by atoms with E-state index in [1.54, 1.807) is 0 Å². The van der Waals surface area contributed by atoms with Gasteiger partial charge in [-0.15, -0.1) is 0 Å². The van der Waals surface area contributed by atoms with Crippen molar-refractivity contribution in [1.29, 1.82) is 0 Å². The van der Waals surface area contributed by atoms with Crippen molar-refractivity contribution in [3.63, 3.8) is 0 Å². The number of nitrogens with zero attached hydrogens (tertiary/aromatic N) is 1. The summed E-state index contributed by atoms with van der Waals surface area (Å²) in [5, 5.41) is 6.30. The summed E-state index contributed by atoms with van der Waals surface area (Å²) >= 11 is 3.41. The molecule has 0 aliphatic heterocycles. The summed E-state index contributed by atoms with van der Waals surface area (Å²) in [7, 11) is 0. The highest BCUT2D eigenvalue weighted by Gasteiger charge is 2.08. The van der Waals surface area contributed by atoms with Crippen LogP contribution in [0.2, 0.25) is 0 Å². The van der Waals surface area contributed by atoms with E-state index in [1.807, 2.05) is 24.3 Å². The van der Waals surface area contributed by atoms with Gasteiger partial charge in [-0.1, -0.05) is 39.3 Å². The van der Waals surface area contributed by atoms with E-state index in [9.17, 15) is 4.79 Å². The second kappa shape index (κ2) is 4.94. The van der Waals surface area contributed by atoms with Gasteiger partial charge in [0, 0.05) is 17.1 Å². The molecule has 0 fully saturated rings. The van der Waals surface area contributed by atoms with Crippen molar-refractivity contribution in [1.82, 2.24) is 10.5 Å². The van der Waals surface area contributed by atoms with E-state index in [2.05, 4.69) is 30.9 Å². The van der Waals surface area contributed by atoms with Crippen LogP contribution in [-0.4, -0.2) is 11.1 Å². The summed E-state index contributed by atoms with van der Waals surface area (Å²) in [6.07, 6.45) is 1.37. The predicted molar refractivity (Wildman–Crippen MR) is 61.8 cm³/mol. The van der Waals surface area contributed by atoms with Gasteiger partial charge in [-0.2, -0.15) is 0 Å². The Morgan fingerprint density at radius 2 is 2.19 bits per heavy atom. The smallest absolute Gasteiger partial charge is 0.273 e. The molecule has 0 saturated carbocycles. The van der Waals surface area contributed by atoms with Crippen molar-refractivity contribution in [3.8, 4) is 0 Å². The molecule has 16 heavy (non-hydrogen) atoms. The minimum absolute atomic E-state index is 0.246. The molecule has 2 aromatic rings. The third-order valence-electron chi connectivity index (χ3n) is 2.07. The molecule has 5 heteroatoms. The van der Waals surface area contributed by atoms with E-state index >= 15 is 0 Å². The number of nitrogens with one attached hydrogen (secondary N) is 1. The van der Waals surface area contributed by atoms with E-state index < -0.39 is 0 Å². The van der Waals surface area contributed by atoms with Gasteiger partial charge >= 0.3 is 0 Å². The highest BCUT2D eigenvalue weighted by Crippen LogP contribution is 2.15. The zero-order valence-corrected chi connectivity index (χ0v) is 9.90. The summed E-state index contributed by atoms with van der Waals surface area (Å²) < 4.78 is 5.56. The minimum Gasteiger partial charge on any atom is -0.364 e. The number of halogens is 1. The van der Waals surface area contributed by atoms with Gasteiger partial charge in [0.25, 0.3) is 5.91 Å². The number of amides is 1. The third-order valence-corrected chi connectivity index (χ3v) is 2.84. The second-order valence-electron chi connectivity index (χ2n) is 3.16. The first-order chi connectivity index (χ1) is 7.77. The average Bonchev–Trinajstić information content (AvgIpc) is 2.81. The van der Waals surface area contributed by atoms with E-state index in [4.69, 9.17) is 0 Å². The van der Waals surface area contributed by atoms with Crippen LogP contribution in [0.4, 0.5) is 0 Å². The van der Waals surface area contributed by atoms with Gasteiger partial charge in [-0.05, 0) is 11.6 Å². The van der Waals surface area contributed by atoms with E-state index in [0.29, 0.717) is 6.54 Å². The lowest BCUT2D eigenvalue weighted by Crippen LogP contribution is -2.23. The van der Waals surface area contributed by atoms with Crippen molar-refractivity contribution < 1.29 is 9.32 Å². The molecular weight excluding hydrogens is 272 g/mol. The van der Waals surface area contributed by atoms with Gasteiger partial charge in [0.2, 0.25) is 0 Å². The van der Waals surface area contributed by atoms with Crippen LogP contribution in [0.5, 0.6) is 0 Å². The van der Waals surface area contributed by atoms with Gasteiger partial charge < -0.3 is 9.84 Å². The standard InChI is InChI=1S/C11H9BrN2O2/c12-9-4-2-1-3-8(9)7-13-11(15)10-5-6-16-14-10/h1-6H,7H2,(H,13,15). The van der Waals surface area contributed by atoms with Crippen molar-refractivity contribution in [2.45, 2.75) is 6.54 Å². The molecule has 1 heterocycles. The number of aromatic nitrogens is 1. The quantitative estimate of drug-likeness (QED) is 0.939. The number of hydrogen-bond donors (Lipinski definition) is 1. The lowest BCUT2D eigenvalue weighted by molar-refractivity contribution is 0.0942. The first-order valence-electron chi connectivity index (χ1n) is 4.69. The fraction of sp³-hybridized carbons (Fsp3) is 0.0909. The van der Waals surface area contributed by atoms with Gasteiger partial charge in [0.1, 0.15) is 6.26 Å². The van der Waals surface area contributed by atoms with Crippen LogP contribution in [0.15, 0.2) is 45.6 Å². The fourth-order valence-corrected chi connectivity index (χ4v) is 1.66. The van der Waals surface area contributed by atoms with Crippen LogP contribution in [0.1, 0.15) is 16.1 Å². The molecule has 4 nitrogen and oxygen atoms in total. The lowest BCUT2D eigenvalue weighted by atomic mass is 10.2. The highest BCUT2D eigenvalue weighted by atomic mass is 79.9. The van der Waals surface area contributed by atoms with Crippen molar-refractivity contribution >= 4 is 21.8 Å². The zero-order chi connectivity index (χ0) is 11.4. The molecule has 0 aliphatic carbocycles. The van der Waals surface area contributed by atoms with Crippen molar-refractivity contribution in [2.75, 3.05) is 0 Å². The number of carbonyl (C=O) groups is 1. The van der Waals surface area contributed by atoms with Gasteiger partial charge in [0.15, 0.2) is 5.69 Å². The average molecular weight is 281 g/mol.